The van der Waals surface area contributed by atoms with Gasteiger partial charge < -0.3 is 5.32 Å². The highest BCUT2D eigenvalue weighted by Crippen LogP contribution is 2.35. The van der Waals surface area contributed by atoms with Crippen molar-refractivity contribution in [3.05, 3.63) is 36.7 Å². The van der Waals surface area contributed by atoms with Crippen LogP contribution in [-0.4, -0.2) is 34.2 Å². The maximum atomic E-state index is 12.3. The van der Waals surface area contributed by atoms with Crippen LogP contribution in [0.1, 0.15) is 25.7 Å². The highest BCUT2D eigenvalue weighted by atomic mass is 16.2. The molecule has 0 unspecified atom stereocenters. The number of rotatable bonds is 5. The Morgan fingerprint density at radius 2 is 1.74 bits per heavy atom. The second-order valence-corrected chi connectivity index (χ2v) is 5.87. The molecule has 3 amide bonds. The number of fused-ring (bicyclic) bond motifs is 1. The van der Waals surface area contributed by atoms with Gasteiger partial charge in [-0.15, -0.1) is 0 Å². The molecule has 0 radical (unpaired) electrons. The van der Waals surface area contributed by atoms with E-state index in [1.165, 1.54) is 4.90 Å². The lowest BCUT2D eigenvalue weighted by atomic mass is 9.85. The fourth-order valence-corrected chi connectivity index (χ4v) is 3.15. The number of pyridine rings is 1. The van der Waals surface area contributed by atoms with Gasteiger partial charge in [0, 0.05) is 31.0 Å². The number of imide groups is 1. The summed E-state index contributed by atoms with van der Waals surface area (Å²) in [6, 6.07) is 3.42. The number of hydrogen-bond acceptors (Lipinski definition) is 4. The van der Waals surface area contributed by atoms with Crippen LogP contribution in [0.2, 0.25) is 0 Å². The molecule has 2 aliphatic rings. The summed E-state index contributed by atoms with van der Waals surface area (Å²) in [5.41, 5.74) is 0.690. The van der Waals surface area contributed by atoms with Crippen LogP contribution in [-0.2, 0) is 14.4 Å². The lowest BCUT2D eigenvalue weighted by Gasteiger charge is -2.14. The number of carbonyl (C=O) groups is 3. The van der Waals surface area contributed by atoms with Crippen molar-refractivity contribution in [2.45, 2.75) is 25.7 Å². The van der Waals surface area contributed by atoms with Crippen molar-refractivity contribution in [3.63, 3.8) is 0 Å². The van der Waals surface area contributed by atoms with E-state index < -0.39 is 0 Å². The molecule has 0 bridgehead atoms. The van der Waals surface area contributed by atoms with E-state index >= 15 is 0 Å². The molecule has 2 atom stereocenters. The van der Waals surface area contributed by atoms with Gasteiger partial charge >= 0.3 is 0 Å². The Hall–Kier alpha value is -2.50. The molecule has 1 N–H and O–H groups in total. The monoisotopic (exact) mass is 313 g/mol. The van der Waals surface area contributed by atoms with Gasteiger partial charge in [0.25, 0.3) is 0 Å². The Balaban J connectivity index is 1.48. The molecule has 1 saturated heterocycles. The highest BCUT2D eigenvalue weighted by Gasteiger charge is 2.46. The van der Waals surface area contributed by atoms with Gasteiger partial charge in [0.1, 0.15) is 0 Å². The molecule has 1 aromatic rings. The number of amides is 3. The van der Waals surface area contributed by atoms with Gasteiger partial charge in [0.2, 0.25) is 17.7 Å². The van der Waals surface area contributed by atoms with E-state index in [4.69, 9.17) is 0 Å². The van der Waals surface area contributed by atoms with Crippen molar-refractivity contribution in [1.82, 2.24) is 9.88 Å². The zero-order chi connectivity index (χ0) is 16.2. The van der Waals surface area contributed by atoms with Gasteiger partial charge in [-0.1, -0.05) is 12.2 Å². The minimum atomic E-state index is -0.196. The molecular formula is C17H19N3O3. The van der Waals surface area contributed by atoms with E-state index in [2.05, 4.69) is 10.3 Å². The number of nitrogens with one attached hydrogen (secondary N) is 1. The van der Waals surface area contributed by atoms with Crippen LogP contribution in [0.25, 0.3) is 0 Å². The molecular weight excluding hydrogens is 294 g/mol. The van der Waals surface area contributed by atoms with Gasteiger partial charge in [-0.25, -0.2) is 0 Å². The molecule has 1 aromatic heterocycles. The summed E-state index contributed by atoms with van der Waals surface area (Å²) >= 11 is 0. The number of hydrogen-bond donors (Lipinski definition) is 1. The van der Waals surface area contributed by atoms with E-state index in [1.54, 1.807) is 24.5 Å². The normalized spacial score (nSPS) is 23.0. The van der Waals surface area contributed by atoms with Crippen molar-refractivity contribution in [2.75, 3.05) is 11.9 Å². The van der Waals surface area contributed by atoms with Crippen molar-refractivity contribution < 1.29 is 14.4 Å². The van der Waals surface area contributed by atoms with Crippen LogP contribution >= 0.6 is 0 Å². The van der Waals surface area contributed by atoms with Gasteiger partial charge in [-0.2, -0.15) is 0 Å². The molecule has 6 heteroatoms. The first kappa shape index (κ1) is 15.4. The predicted molar refractivity (Wildman–Crippen MR) is 84.2 cm³/mol. The summed E-state index contributed by atoms with van der Waals surface area (Å²) in [6.45, 7) is 0.314. The Labute approximate surface area is 134 Å². The summed E-state index contributed by atoms with van der Waals surface area (Å²) in [5, 5.41) is 2.76. The van der Waals surface area contributed by atoms with Crippen LogP contribution < -0.4 is 5.32 Å². The van der Waals surface area contributed by atoms with Crippen molar-refractivity contribution in [1.29, 1.82) is 0 Å². The first-order chi connectivity index (χ1) is 11.2. The molecule has 1 aliphatic carbocycles. The summed E-state index contributed by atoms with van der Waals surface area (Å²) in [5.74, 6) is -0.691. The van der Waals surface area contributed by atoms with E-state index in [9.17, 15) is 14.4 Å². The van der Waals surface area contributed by atoms with Crippen LogP contribution in [0.15, 0.2) is 36.7 Å². The second kappa shape index (κ2) is 6.73. The maximum Gasteiger partial charge on any atom is 0.233 e. The Morgan fingerprint density at radius 1 is 1.13 bits per heavy atom. The first-order valence-corrected chi connectivity index (χ1v) is 7.87. The van der Waals surface area contributed by atoms with Crippen LogP contribution in [0.4, 0.5) is 5.69 Å². The van der Waals surface area contributed by atoms with Gasteiger partial charge in [0.05, 0.1) is 11.8 Å². The molecule has 0 aromatic carbocycles. The zero-order valence-corrected chi connectivity index (χ0v) is 12.8. The number of likely N-dealkylation sites (tertiary alicyclic amines) is 1. The smallest absolute Gasteiger partial charge is 0.233 e. The average Bonchev–Trinajstić information content (AvgIpc) is 2.81. The fourth-order valence-electron chi connectivity index (χ4n) is 3.15. The topological polar surface area (TPSA) is 79.4 Å². The number of anilines is 1. The zero-order valence-electron chi connectivity index (χ0n) is 12.8. The Bertz CT molecular complexity index is 616. The molecule has 0 saturated carbocycles. The molecule has 23 heavy (non-hydrogen) atoms. The Morgan fingerprint density at radius 3 is 2.35 bits per heavy atom. The second-order valence-electron chi connectivity index (χ2n) is 5.87. The summed E-state index contributed by atoms with van der Waals surface area (Å²) in [7, 11) is 0. The van der Waals surface area contributed by atoms with E-state index in [-0.39, 0.29) is 36.0 Å². The largest absolute Gasteiger partial charge is 0.326 e. The minimum absolute atomic E-state index is 0.0844. The van der Waals surface area contributed by atoms with Gasteiger partial charge in [-0.05, 0) is 31.4 Å². The number of allylic oxidation sites excluding steroid dienone is 2. The SMILES string of the molecule is O=C(CCCN1C(=O)[C@H]2CC=CC[C@H]2C1=O)Nc1ccncc1. The molecule has 120 valence electrons. The van der Waals surface area contributed by atoms with Gasteiger partial charge in [0.15, 0.2) is 0 Å². The molecule has 0 spiro atoms. The standard InChI is InChI=1S/C17H19N3O3/c21-15(19-12-7-9-18-10-8-12)6-3-11-20-16(22)13-4-1-2-5-14(13)17(20)23/h1-2,7-10,13-14H,3-6,11H2,(H,18,19,21)/t13-,14+. The van der Waals surface area contributed by atoms with Crippen molar-refractivity contribution >= 4 is 23.4 Å². The molecule has 6 nitrogen and oxygen atoms in total. The third-order valence-corrected chi connectivity index (χ3v) is 4.35. The fraction of sp³-hybridized carbons (Fsp3) is 0.412. The molecule has 1 fully saturated rings. The van der Waals surface area contributed by atoms with Crippen molar-refractivity contribution in [2.24, 2.45) is 11.8 Å². The van der Waals surface area contributed by atoms with E-state index in [0.29, 0.717) is 31.5 Å². The van der Waals surface area contributed by atoms with Crippen LogP contribution in [0.3, 0.4) is 0 Å². The minimum Gasteiger partial charge on any atom is -0.326 e. The van der Waals surface area contributed by atoms with E-state index in [1.807, 2.05) is 12.2 Å². The lowest BCUT2D eigenvalue weighted by molar-refractivity contribution is -0.140. The predicted octanol–water partition coefficient (Wildman–Crippen LogP) is 1.75. The summed E-state index contributed by atoms with van der Waals surface area (Å²) < 4.78 is 0. The quantitative estimate of drug-likeness (QED) is 0.663. The molecule has 3 rings (SSSR count). The number of aromatic nitrogens is 1. The van der Waals surface area contributed by atoms with E-state index in [0.717, 1.165) is 0 Å². The highest BCUT2D eigenvalue weighted by molar-refractivity contribution is 6.05. The third kappa shape index (κ3) is 3.31. The lowest BCUT2D eigenvalue weighted by Crippen LogP contribution is -2.32. The molecule has 2 heterocycles. The molecule has 1 aliphatic heterocycles. The van der Waals surface area contributed by atoms with Crippen LogP contribution in [0.5, 0.6) is 0 Å². The van der Waals surface area contributed by atoms with Gasteiger partial charge in [-0.3, -0.25) is 24.3 Å². The van der Waals surface area contributed by atoms with Crippen LogP contribution in [0, 0.1) is 11.8 Å². The first-order valence-electron chi connectivity index (χ1n) is 7.87. The summed E-state index contributed by atoms with van der Waals surface area (Å²) in [6.07, 6.45) is 9.19. The number of nitrogens with zero attached hydrogens (tertiary/aromatic N) is 2. The Kier molecular flexibility index (Phi) is 4.50. The maximum absolute atomic E-state index is 12.3. The summed E-state index contributed by atoms with van der Waals surface area (Å²) in [4.78, 5) is 41.6. The third-order valence-electron chi connectivity index (χ3n) is 4.35. The number of carbonyl (C=O) groups excluding carboxylic acids is 3. The van der Waals surface area contributed by atoms with Crippen molar-refractivity contribution in [3.8, 4) is 0 Å². The average molecular weight is 313 g/mol.